The van der Waals surface area contributed by atoms with Gasteiger partial charge in [-0.3, -0.25) is 4.79 Å². The van der Waals surface area contributed by atoms with Crippen LogP contribution in [0.3, 0.4) is 0 Å². The zero-order chi connectivity index (χ0) is 17.1. The minimum Gasteiger partial charge on any atom is -0.368 e. The molecule has 0 bridgehead atoms. The molecule has 1 saturated heterocycles. The first-order chi connectivity index (χ1) is 11.6. The van der Waals surface area contributed by atoms with E-state index in [4.69, 9.17) is 5.26 Å². The van der Waals surface area contributed by atoms with Gasteiger partial charge >= 0.3 is 0 Å². The molecule has 0 saturated carbocycles. The molecule has 122 valence electrons. The van der Waals surface area contributed by atoms with Gasteiger partial charge in [-0.15, -0.1) is 0 Å². The molecule has 0 spiro atoms. The average molecular weight is 319 g/mol. The van der Waals surface area contributed by atoms with Crippen molar-refractivity contribution >= 4 is 11.6 Å². The Labute approximate surface area is 142 Å². The Bertz CT molecular complexity index is 799. The molecular formula is C20H21N3O. The van der Waals surface area contributed by atoms with Gasteiger partial charge in [0.1, 0.15) is 0 Å². The van der Waals surface area contributed by atoms with Gasteiger partial charge in [-0.25, -0.2) is 0 Å². The fourth-order valence-electron chi connectivity index (χ4n) is 3.00. The summed E-state index contributed by atoms with van der Waals surface area (Å²) in [6.07, 6.45) is 0. The monoisotopic (exact) mass is 319 g/mol. The SMILES string of the molecule is Cc1ccc(C(=O)N2CCN(c3cccc(C#N)c3)CC2)cc1C. The van der Waals surface area contributed by atoms with Crippen molar-refractivity contribution in [2.24, 2.45) is 0 Å². The second-order valence-corrected chi connectivity index (χ2v) is 6.24. The van der Waals surface area contributed by atoms with Crippen LogP contribution in [-0.2, 0) is 0 Å². The van der Waals surface area contributed by atoms with E-state index >= 15 is 0 Å². The summed E-state index contributed by atoms with van der Waals surface area (Å²) < 4.78 is 0. The van der Waals surface area contributed by atoms with Crippen LogP contribution in [0.5, 0.6) is 0 Å². The van der Waals surface area contributed by atoms with Crippen molar-refractivity contribution in [2.75, 3.05) is 31.1 Å². The molecule has 24 heavy (non-hydrogen) atoms. The summed E-state index contributed by atoms with van der Waals surface area (Å²) >= 11 is 0. The average Bonchev–Trinajstić information content (AvgIpc) is 2.63. The lowest BCUT2D eigenvalue weighted by atomic mass is 10.1. The minimum absolute atomic E-state index is 0.100. The lowest BCUT2D eigenvalue weighted by Crippen LogP contribution is -2.48. The largest absolute Gasteiger partial charge is 0.368 e. The van der Waals surface area contributed by atoms with Crippen LogP contribution in [0.25, 0.3) is 0 Å². The number of rotatable bonds is 2. The molecule has 1 fully saturated rings. The van der Waals surface area contributed by atoms with E-state index in [1.54, 1.807) is 0 Å². The molecule has 0 radical (unpaired) electrons. The third kappa shape index (κ3) is 3.26. The highest BCUT2D eigenvalue weighted by molar-refractivity contribution is 5.94. The predicted octanol–water partition coefficient (Wildman–Crippen LogP) is 3.14. The van der Waals surface area contributed by atoms with Gasteiger partial charge in [0, 0.05) is 37.4 Å². The minimum atomic E-state index is 0.100. The Morgan fingerprint density at radius 3 is 2.42 bits per heavy atom. The van der Waals surface area contributed by atoms with E-state index in [1.807, 2.05) is 54.3 Å². The van der Waals surface area contributed by atoms with Gasteiger partial charge in [-0.2, -0.15) is 5.26 Å². The van der Waals surface area contributed by atoms with E-state index in [-0.39, 0.29) is 5.91 Å². The van der Waals surface area contributed by atoms with Crippen molar-refractivity contribution < 1.29 is 4.79 Å². The number of piperazine rings is 1. The van der Waals surface area contributed by atoms with Gasteiger partial charge < -0.3 is 9.80 Å². The number of hydrogen-bond acceptors (Lipinski definition) is 3. The van der Waals surface area contributed by atoms with Gasteiger partial charge in [0.05, 0.1) is 11.6 Å². The lowest BCUT2D eigenvalue weighted by Gasteiger charge is -2.36. The maximum absolute atomic E-state index is 12.7. The van der Waals surface area contributed by atoms with Crippen LogP contribution in [0.4, 0.5) is 5.69 Å². The number of hydrogen-bond donors (Lipinski definition) is 0. The molecular weight excluding hydrogens is 298 g/mol. The van der Waals surface area contributed by atoms with Crippen molar-refractivity contribution in [1.29, 1.82) is 5.26 Å². The van der Waals surface area contributed by atoms with Crippen LogP contribution in [0.2, 0.25) is 0 Å². The zero-order valence-electron chi connectivity index (χ0n) is 14.1. The fourth-order valence-corrected chi connectivity index (χ4v) is 3.00. The summed E-state index contributed by atoms with van der Waals surface area (Å²) in [4.78, 5) is 16.8. The molecule has 0 aliphatic carbocycles. The Kier molecular flexibility index (Phi) is 4.52. The maximum Gasteiger partial charge on any atom is 0.253 e. The maximum atomic E-state index is 12.7. The lowest BCUT2D eigenvalue weighted by molar-refractivity contribution is 0.0746. The Balaban J connectivity index is 1.67. The number of carbonyl (C=O) groups is 1. The number of benzene rings is 2. The predicted molar refractivity (Wildman–Crippen MR) is 95.2 cm³/mol. The highest BCUT2D eigenvalue weighted by atomic mass is 16.2. The molecule has 0 N–H and O–H groups in total. The van der Waals surface area contributed by atoms with E-state index < -0.39 is 0 Å². The number of anilines is 1. The van der Waals surface area contributed by atoms with E-state index in [0.29, 0.717) is 18.7 Å². The molecule has 0 aromatic heterocycles. The number of aryl methyl sites for hydroxylation is 2. The summed E-state index contributed by atoms with van der Waals surface area (Å²) in [5, 5.41) is 9.02. The molecule has 4 heteroatoms. The smallest absolute Gasteiger partial charge is 0.253 e. The molecule has 1 amide bonds. The zero-order valence-corrected chi connectivity index (χ0v) is 14.1. The molecule has 4 nitrogen and oxygen atoms in total. The summed E-state index contributed by atoms with van der Waals surface area (Å²) in [6.45, 7) is 7.05. The molecule has 1 aliphatic heterocycles. The molecule has 0 unspecified atom stereocenters. The van der Waals surface area contributed by atoms with Gasteiger partial charge in [0.15, 0.2) is 0 Å². The van der Waals surface area contributed by atoms with Gasteiger partial charge in [0.25, 0.3) is 5.91 Å². The number of carbonyl (C=O) groups excluding carboxylic acids is 1. The molecule has 2 aromatic carbocycles. The first kappa shape index (κ1) is 16.1. The van der Waals surface area contributed by atoms with Crippen molar-refractivity contribution in [3.05, 3.63) is 64.7 Å². The number of amides is 1. The Morgan fingerprint density at radius 1 is 1.00 bits per heavy atom. The molecule has 1 aliphatic rings. The van der Waals surface area contributed by atoms with Crippen LogP contribution in [-0.4, -0.2) is 37.0 Å². The molecule has 2 aromatic rings. The summed E-state index contributed by atoms with van der Waals surface area (Å²) in [5.74, 6) is 0.100. The molecule has 1 heterocycles. The standard InChI is InChI=1S/C20H21N3O/c1-15-6-7-18(12-16(15)2)20(24)23-10-8-22(9-11-23)19-5-3-4-17(13-19)14-21/h3-7,12-13H,8-11H2,1-2H3. The quantitative estimate of drug-likeness (QED) is 0.854. The molecule has 3 rings (SSSR count). The third-order valence-electron chi connectivity index (χ3n) is 4.66. The van der Waals surface area contributed by atoms with Crippen molar-refractivity contribution in [3.63, 3.8) is 0 Å². The molecule has 0 atom stereocenters. The number of nitriles is 1. The van der Waals surface area contributed by atoms with Gasteiger partial charge in [0.2, 0.25) is 0 Å². The van der Waals surface area contributed by atoms with E-state index in [2.05, 4.69) is 17.9 Å². The van der Waals surface area contributed by atoms with Crippen LogP contribution in [0.1, 0.15) is 27.0 Å². The Morgan fingerprint density at radius 2 is 1.75 bits per heavy atom. The first-order valence-electron chi connectivity index (χ1n) is 8.20. The van der Waals surface area contributed by atoms with Crippen LogP contribution in [0, 0.1) is 25.2 Å². The third-order valence-corrected chi connectivity index (χ3v) is 4.66. The first-order valence-corrected chi connectivity index (χ1v) is 8.20. The summed E-state index contributed by atoms with van der Waals surface area (Å²) in [7, 11) is 0. The second kappa shape index (κ2) is 6.76. The number of nitrogens with zero attached hydrogens (tertiary/aromatic N) is 3. The second-order valence-electron chi connectivity index (χ2n) is 6.24. The summed E-state index contributed by atoms with van der Waals surface area (Å²) in [6, 6.07) is 15.7. The fraction of sp³-hybridized carbons (Fsp3) is 0.300. The van der Waals surface area contributed by atoms with Crippen LogP contribution < -0.4 is 4.90 Å². The Hall–Kier alpha value is -2.80. The normalized spacial score (nSPS) is 14.4. The highest BCUT2D eigenvalue weighted by Gasteiger charge is 2.22. The van der Waals surface area contributed by atoms with Gasteiger partial charge in [-0.05, 0) is 55.3 Å². The van der Waals surface area contributed by atoms with E-state index in [0.717, 1.165) is 29.9 Å². The highest BCUT2D eigenvalue weighted by Crippen LogP contribution is 2.19. The van der Waals surface area contributed by atoms with E-state index in [1.165, 1.54) is 5.56 Å². The van der Waals surface area contributed by atoms with Gasteiger partial charge in [-0.1, -0.05) is 12.1 Å². The van der Waals surface area contributed by atoms with Crippen molar-refractivity contribution in [2.45, 2.75) is 13.8 Å². The van der Waals surface area contributed by atoms with Crippen molar-refractivity contribution in [3.8, 4) is 6.07 Å². The topological polar surface area (TPSA) is 47.3 Å². The van der Waals surface area contributed by atoms with E-state index in [9.17, 15) is 4.79 Å². The van der Waals surface area contributed by atoms with Crippen LogP contribution >= 0.6 is 0 Å². The van der Waals surface area contributed by atoms with Crippen molar-refractivity contribution in [1.82, 2.24) is 4.90 Å². The van der Waals surface area contributed by atoms with Crippen LogP contribution in [0.15, 0.2) is 42.5 Å². The summed E-state index contributed by atoms with van der Waals surface area (Å²) in [5.41, 5.74) is 4.83.